The van der Waals surface area contributed by atoms with Crippen molar-refractivity contribution in [2.75, 3.05) is 26.3 Å². The average Bonchev–Trinajstić information content (AvgIpc) is 3.56. The predicted octanol–water partition coefficient (Wildman–Crippen LogP) is 2.47. The van der Waals surface area contributed by atoms with E-state index in [0.717, 1.165) is 87.1 Å². The summed E-state index contributed by atoms with van der Waals surface area (Å²) in [6.07, 6.45) is 13.8. The van der Waals surface area contributed by atoms with Crippen LogP contribution in [0.3, 0.4) is 0 Å². The van der Waals surface area contributed by atoms with Crippen LogP contribution in [-0.2, 0) is 9.53 Å². The molecule has 177 valence electrons. The van der Waals surface area contributed by atoms with Crippen LogP contribution in [0.5, 0.6) is 0 Å². The van der Waals surface area contributed by atoms with Crippen molar-refractivity contribution in [3.8, 4) is 11.3 Å². The van der Waals surface area contributed by atoms with E-state index in [9.17, 15) is 4.79 Å². The van der Waals surface area contributed by atoms with Crippen LogP contribution in [-0.4, -0.2) is 84.9 Å². The molecule has 3 aromatic rings. The van der Waals surface area contributed by atoms with Crippen molar-refractivity contribution >= 4 is 16.9 Å². The highest BCUT2D eigenvalue weighted by Crippen LogP contribution is 2.41. The van der Waals surface area contributed by atoms with Crippen LogP contribution in [0.4, 0.5) is 0 Å². The first-order valence-electron chi connectivity index (χ1n) is 12.6. The summed E-state index contributed by atoms with van der Waals surface area (Å²) < 4.78 is 7.49. The summed E-state index contributed by atoms with van der Waals surface area (Å²) in [5, 5.41) is 5.65. The molecule has 4 fully saturated rings. The number of piperidine rings is 1. The lowest BCUT2D eigenvalue weighted by atomic mass is 9.90. The standard InChI is InChI=1S/C25H30N7O2/c33-25(16-4-7-34-8-5-16)32-18-1-2-19(32)10-20(9-18)30-13-21(14-30)31-12-17(11-29-31)23-22-3-6-26-24(22)28-15-27-23/h3,6,11-12,15-16,18-20H,1-2,4-5,7-10,13-14H2,(H,26,27,28). The Morgan fingerprint density at radius 3 is 2.62 bits per heavy atom. The number of carbonyl (C=O) groups is 1. The molecular formula is C25H30N7O2. The van der Waals surface area contributed by atoms with Crippen molar-refractivity contribution in [1.82, 2.24) is 34.5 Å². The molecule has 7 heterocycles. The molecular weight excluding hydrogens is 430 g/mol. The van der Waals surface area contributed by atoms with Gasteiger partial charge < -0.3 is 14.6 Å². The van der Waals surface area contributed by atoms with Gasteiger partial charge in [0.2, 0.25) is 5.91 Å². The van der Waals surface area contributed by atoms with Crippen molar-refractivity contribution in [3.63, 3.8) is 0 Å². The van der Waals surface area contributed by atoms with Crippen LogP contribution < -0.4 is 0 Å². The average molecular weight is 461 g/mol. The second kappa shape index (κ2) is 8.16. The number of H-pyrrole nitrogens is 1. The maximum Gasteiger partial charge on any atom is 0.226 e. The molecule has 2 unspecified atom stereocenters. The van der Waals surface area contributed by atoms with Gasteiger partial charge in [-0.1, -0.05) is 0 Å². The van der Waals surface area contributed by atoms with E-state index in [0.29, 0.717) is 24.0 Å². The minimum Gasteiger partial charge on any atom is -0.381 e. The molecule has 4 aliphatic rings. The first kappa shape index (κ1) is 20.6. The first-order valence-corrected chi connectivity index (χ1v) is 12.6. The largest absolute Gasteiger partial charge is 0.381 e. The van der Waals surface area contributed by atoms with Gasteiger partial charge in [-0.25, -0.2) is 9.97 Å². The number of fused-ring (bicyclic) bond motifs is 3. The molecule has 2 bridgehead atoms. The Kier molecular flexibility index (Phi) is 4.94. The molecule has 4 aliphatic heterocycles. The van der Waals surface area contributed by atoms with Gasteiger partial charge in [-0.2, -0.15) is 5.10 Å². The molecule has 1 N–H and O–H groups in total. The fourth-order valence-electron chi connectivity index (χ4n) is 6.51. The molecule has 3 aromatic heterocycles. The number of ether oxygens (including phenoxy) is 1. The summed E-state index contributed by atoms with van der Waals surface area (Å²) in [5.74, 6) is 0.573. The van der Waals surface area contributed by atoms with E-state index in [1.807, 2.05) is 23.1 Å². The van der Waals surface area contributed by atoms with Crippen LogP contribution in [0.1, 0.15) is 38.5 Å². The van der Waals surface area contributed by atoms with Crippen LogP contribution in [0.25, 0.3) is 22.3 Å². The number of nitrogens with one attached hydrogen (secondary N) is 1. The molecule has 0 aliphatic carbocycles. The van der Waals surface area contributed by atoms with E-state index in [4.69, 9.17) is 4.74 Å². The SMILES string of the molecule is O=C(C1CCOCC1)N1C2CCC1CC(N1C[C](n3cc(-c4ncnc5[nH]ccc45)cn3)C1)C2. The topological polar surface area (TPSA) is 92.2 Å². The van der Waals surface area contributed by atoms with Gasteiger partial charge in [-0.15, -0.1) is 0 Å². The first-order chi connectivity index (χ1) is 16.7. The number of carbonyl (C=O) groups excluding carboxylic acids is 1. The van der Waals surface area contributed by atoms with Gasteiger partial charge in [0.1, 0.15) is 18.0 Å². The fourth-order valence-corrected chi connectivity index (χ4v) is 6.51. The van der Waals surface area contributed by atoms with Gasteiger partial charge in [-0.05, 0) is 44.6 Å². The van der Waals surface area contributed by atoms with Crippen LogP contribution in [0.2, 0.25) is 0 Å². The Bertz CT molecular complexity index is 1180. The maximum atomic E-state index is 13.2. The minimum atomic E-state index is 0.175. The quantitative estimate of drug-likeness (QED) is 0.643. The molecule has 9 heteroatoms. The van der Waals surface area contributed by atoms with Crippen molar-refractivity contribution in [2.24, 2.45) is 5.92 Å². The Hall–Kier alpha value is -2.78. The number of likely N-dealkylation sites (tertiary alicyclic amines) is 1. The van der Waals surface area contributed by atoms with Crippen molar-refractivity contribution in [2.45, 2.75) is 56.7 Å². The number of aromatic amines is 1. The number of hydrogen-bond acceptors (Lipinski definition) is 6. The van der Waals surface area contributed by atoms with Gasteiger partial charge in [-0.3, -0.25) is 14.4 Å². The lowest BCUT2D eigenvalue weighted by molar-refractivity contribution is -0.144. The number of aromatic nitrogens is 5. The second-order valence-electron chi connectivity index (χ2n) is 10.2. The molecule has 1 amide bonds. The molecule has 2 atom stereocenters. The molecule has 7 rings (SSSR count). The van der Waals surface area contributed by atoms with Crippen molar-refractivity contribution in [3.05, 3.63) is 37.0 Å². The summed E-state index contributed by atoms with van der Waals surface area (Å²) in [6, 6.07) is 4.73. The highest BCUT2D eigenvalue weighted by atomic mass is 16.5. The highest BCUT2D eigenvalue weighted by Gasteiger charge is 2.48. The van der Waals surface area contributed by atoms with Crippen LogP contribution in [0.15, 0.2) is 31.0 Å². The molecule has 0 saturated carbocycles. The molecule has 0 aromatic carbocycles. The number of rotatable bonds is 4. The lowest BCUT2D eigenvalue weighted by Crippen LogP contribution is -2.59. The maximum absolute atomic E-state index is 13.2. The molecule has 1 radical (unpaired) electrons. The Morgan fingerprint density at radius 1 is 1.03 bits per heavy atom. The van der Waals surface area contributed by atoms with Gasteiger partial charge in [0.05, 0.1) is 11.9 Å². The Balaban J connectivity index is 0.991. The van der Waals surface area contributed by atoms with E-state index in [1.165, 1.54) is 6.04 Å². The summed E-state index contributed by atoms with van der Waals surface area (Å²) in [5.41, 5.74) is 2.76. The number of hydrogen-bond donors (Lipinski definition) is 1. The van der Waals surface area contributed by atoms with Crippen LogP contribution >= 0.6 is 0 Å². The molecule has 9 nitrogen and oxygen atoms in total. The molecule has 4 saturated heterocycles. The lowest BCUT2D eigenvalue weighted by Gasteiger charge is -2.49. The van der Waals surface area contributed by atoms with Crippen molar-refractivity contribution in [1.29, 1.82) is 0 Å². The van der Waals surface area contributed by atoms with Gasteiger partial charge >= 0.3 is 0 Å². The normalized spacial score (nSPS) is 28.5. The predicted molar refractivity (Wildman–Crippen MR) is 126 cm³/mol. The van der Waals surface area contributed by atoms with E-state index in [-0.39, 0.29) is 5.92 Å². The van der Waals surface area contributed by atoms with Crippen molar-refractivity contribution < 1.29 is 9.53 Å². The minimum absolute atomic E-state index is 0.175. The monoisotopic (exact) mass is 460 g/mol. The third kappa shape index (κ3) is 3.36. The Morgan fingerprint density at radius 2 is 1.82 bits per heavy atom. The van der Waals surface area contributed by atoms with Gasteiger partial charge in [0.25, 0.3) is 0 Å². The molecule has 0 spiro atoms. The van der Waals surface area contributed by atoms with E-state index in [1.54, 1.807) is 6.33 Å². The number of nitrogens with zero attached hydrogens (tertiary/aromatic N) is 6. The summed E-state index contributed by atoms with van der Waals surface area (Å²) in [4.78, 5) is 30.0. The zero-order chi connectivity index (χ0) is 22.6. The van der Waals surface area contributed by atoms with E-state index < -0.39 is 0 Å². The van der Waals surface area contributed by atoms with Gasteiger partial charge in [0, 0.05) is 73.7 Å². The summed E-state index contributed by atoms with van der Waals surface area (Å²) >= 11 is 0. The van der Waals surface area contributed by atoms with Crippen LogP contribution in [0, 0.1) is 12.0 Å². The second-order valence-corrected chi connectivity index (χ2v) is 10.2. The third-order valence-electron chi connectivity index (χ3n) is 8.35. The van der Waals surface area contributed by atoms with E-state index >= 15 is 0 Å². The zero-order valence-corrected chi connectivity index (χ0v) is 19.3. The molecule has 34 heavy (non-hydrogen) atoms. The fraction of sp³-hybridized carbons (Fsp3) is 0.560. The Labute approximate surface area is 198 Å². The highest BCUT2D eigenvalue weighted by molar-refractivity contribution is 5.90. The number of amides is 1. The van der Waals surface area contributed by atoms with Gasteiger partial charge in [0.15, 0.2) is 0 Å². The zero-order valence-electron chi connectivity index (χ0n) is 19.3. The third-order valence-corrected chi connectivity index (χ3v) is 8.35. The summed E-state index contributed by atoms with van der Waals surface area (Å²) in [6.45, 7) is 3.36. The smallest absolute Gasteiger partial charge is 0.226 e. The van der Waals surface area contributed by atoms with E-state index in [2.05, 4.69) is 36.0 Å². The summed E-state index contributed by atoms with van der Waals surface area (Å²) in [7, 11) is 0.